The smallest absolute Gasteiger partial charge is 0.372 e. The highest BCUT2D eigenvalue weighted by Crippen LogP contribution is 2.40. The lowest BCUT2D eigenvalue weighted by Gasteiger charge is -2.23. The van der Waals surface area contributed by atoms with E-state index in [1.54, 1.807) is 60.7 Å². The number of rotatable bonds is 4. The molecule has 6 heteroatoms. The Hall–Kier alpha value is -2.62. The Bertz CT molecular complexity index is 721. The second-order valence-corrected chi connectivity index (χ2v) is 6.06. The molecule has 124 valence electrons. The van der Waals surface area contributed by atoms with Crippen molar-refractivity contribution in [3.05, 3.63) is 91.3 Å². The highest BCUT2D eigenvalue weighted by atomic mass is 31.2. The fourth-order valence-corrected chi connectivity index (χ4v) is 2.52. The third-order valence-electron chi connectivity index (χ3n) is 2.79. The average Bonchev–Trinajstić information content (AvgIpc) is 2.57. The Morgan fingerprint density at radius 1 is 0.750 bits per heavy atom. The number of benzene rings is 2. The molecule has 0 radical (unpaired) electrons. The Morgan fingerprint density at radius 2 is 1.12 bits per heavy atom. The van der Waals surface area contributed by atoms with Crippen LogP contribution < -0.4 is 18.5 Å². The van der Waals surface area contributed by atoms with Gasteiger partial charge in [0.2, 0.25) is 0 Å². The molecule has 0 fully saturated rings. The molecule has 3 aromatic rings. The van der Waals surface area contributed by atoms with Crippen molar-refractivity contribution in [3.8, 4) is 11.5 Å². The maximum absolute atomic E-state index is 11.6. The van der Waals surface area contributed by atoms with Gasteiger partial charge < -0.3 is 13.9 Å². The summed E-state index contributed by atoms with van der Waals surface area (Å²) in [6, 6.07) is 22.4. The van der Waals surface area contributed by atoms with Crippen LogP contribution in [0, 0.1) is 0 Å². The molecule has 0 aliphatic rings. The quantitative estimate of drug-likeness (QED) is 0.539. The highest BCUT2D eigenvalue weighted by Gasteiger charge is 2.12. The number of hydrogen-bond acceptors (Lipinski definition) is 4. The number of phosphoric acid groups is 1. The normalized spacial score (nSPS) is 10.2. The van der Waals surface area contributed by atoms with Crippen molar-refractivity contribution >= 4 is 7.82 Å². The Kier molecular flexibility index (Phi) is 6.55. The van der Waals surface area contributed by atoms with E-state index in [-0.39, 0.29) is 11.5 Å². The predicted molar refractivity (Wildman–Crippen MR) is 89.4 cm³/mol. The molecule has 0 N–H and O–H groups in total. The molecule has 24 heavy (non-hydrogen) atoms. The largest absolute Gasteiger partial charge is 0.736 e. The van der Waals surface area contributed by atoms with Crippen LogP contribution >= 0.6 is 7.82 Å². The average molecular weight is 343 g/mol. The van der Waals surface area contributed by atoms with Gasteiger partial charge in [-0.25, -0.2) is 9.13 Å². The van der Waals surface area contributed by atoms with Crippen LogP contribution in [0.5, 0.6) is 11.5 Å². The van der Waals surface area contributed by atoms with E-state index in [0.717, 1.165) is 0 Å². The van der Waals surface area contributed by atoms with Gasteiger partial charge in [0.15, 0.2) is 12.4 Å². The molecule has 3 rings (SSSR count). The number of aromatic nitrogens is 1. The van der Waals surface area contributed by atoms with Crippen LogP contribution in [0.1, 0.15) is 0 Å². The summed E-state index contributed by atoms with van der Waals surface area (Å²) >= 11 is 0. The van der Waals surface area contributed by atoms with Crippen molar-refractivity contribution in [2.24, 2.45) is 7.05 Å². The minimum atomic E-state index is -4.39. The Labute approximate surface area is 141 Å². The van der Waals surface area contributed by atoms with Crippen molar-refractivity contribution in [2.75, 3.05) is 0 Å². The molecule has 1 aromatic heterocycles. The molecular weight excluding hydrogens is 325 g/mol. The summed E-state index contributed by atoms with van der Waals surface area (Å²) in [6.45, 7) is 0. The van der Waals surface area contributed by atoms with Crippen molar-refractivity contribution in [1.29, 1.82) is 0 Å². The van der Waals surface area contributed by atoms with Gasteiger partial charge in [0.1, 0.15) is 18.5 Å². The van der Waals surface area contributed by atoms with Gasteiger partial charge in [0.05, 0.1) is 0 Å². The van der Waals surface area contributed by atoms with Crippen LogP contribution in [-0.2, 0) is 11.6 Å². The first-order valence-electron chi connectivity index (χ1n) is 7.26. The molecule has 0 aliphatic heterocycles. The van der Waals surface area contributed by atoms with Crippen LogP contribution in [0.3, 0.4) is 0 Å². The lowest BCUT2D eigenvalue weighted by molar-refractivity contribution is -0.671. The molecule has 0 spiro atoms. The predicted octanol–water partition coefficient (Wildman–Crippen LogP) is 3.12. The van der Waals surface area contributed by atoms with Crippen LogP contribution in [0.25, 0.3) is 0 Å². The second kappa shape index (κ2) is 8.87. The standard InChI is InChI=1S/C12H11O4P.C6H8N/c13-17(14,15-11-7-3-1-4-8-11)16-12-9-5-2-6-10-12;1-7-5-3-2-4-6-7/h1-10H,(H,13,14);2-6H,1H3/q;+1/p-1. The SMILES string of the molecule is C[n+]1ccccc1.O=P([O-])(Oc1ccccc1)Oc1ccccc1. The summed E-state index contributed by atoms with van der Waals surface area (Å²) in [5.41, 5.74) is 0. The van der Waals surface area contributed by atoms with Crippen LogP contribution in [-0.4, -0.2) is 0 Å². The number of hydrogen-bond donors (Lipinski definition) is 0. The van der Waals surface area contributed by atoms with E-state index in [2.05, 4.69) is 0 Å². The minimum absolute atomic E-state index is 0.224. The fourth-order valence-electron chi connectivity index (χ4n) is 1.72. The van der Waals surface area contributed by atoms with Crippen LogP contribution in [0.2, 0.25) is 0 Å². The van der Waals surface area contributed by atoms with Crippen molar-refractivity contribution < 1.29 is 23.1 Å². The van der Waals surface area contributed by atoms with Gasteiger partial charge in [0.25, 0.3) is 0 Å². The molecular formula is C18H18NO4P. The van der Waals surface area contributed by atoms with E-state index in [9.17, 15) is 9.46 Å². The summed E-state index contributed by atoms with van der Waals surface area (Å²) < 4.78 is 23.1. The lowest BCUT2D eigenvalue weighted by Crippen LogP contribution is -2.25. The van der Waals surface area contributed by atoms with Gasteiger partial charge >= 0.3 is 7.82 Å². The first-order valence-corrected chi connectivity index (χ1v) is 8.72. The molecule has 0 unspecified atom stereocenters. The molecule has 0 aliphatic carbocycles. The van der Waals surface area contributed by atoms with Crippen molar-refractivity contribution in [3.63, 3.8) is 0 Å². The van der Waals surface area contributed by atoms with Gasteiger partial charge in [0, 0.05) is 12.1 Å². The summed E-state index contributed by atoms with van der Waals surface area (Å²) in [5, 5.41) is 0. The van der Waals surface area contributed by atoms with Crippen LogP contribution in [0.15, 0.2) is 91.3 Å². The van der Waals surface area contributed by atoms with Gasteiger partial charge in [-0.05, 0) is 24.3 Å². The minimum Gasteiger partial charge on any atom is -0.736 e. The maximum Gasteiger partial charge on any atom is 0.372 e. The zero-order valence-electron chi connectivity index (χ0n) is 13.2. The van der Waals surface area contributed by atoms with Gasteiger partial charge in [-0.2, -0.15) is 0 Å². The van der Waals surface area contributed by atoms with Crippen molar-refractivity contribution in [2.45, 2.75) is 0 Å². The summed E-state index contributed by atoms with van der Waals surface area (Å²) in [7, 11) is -2.39. The topological polar surface area (TPSA) is 62.5 Å². The van der Waals surface area contributed by atoms with Gasteiger partial charge in [-0.3, -0.25) is 0 Å². The third-order valence-corrected chi connectivity index (χ3v) is 3.65. The maximum atomic E-state index is 11.6. The molecule has 0 atom stereocenters. The Balaban J connectivity index is 0.000000249. The van der Waals surface area contributed by atoms with E-state index < -0.39 is 7.82 Å². The highest BCUT2D eigenvalue weighted by molar-refractivity contribution is 7.46. The van der Waals surface area contributed by atoms with Crippen LogP contribution in [0.4, 0.5) is 0 Å². The number of para-hydroxylation sites is 2. The van der Waals surface area contributed by atoms with E-state index in [1.165, 1.54) is 0 Å². The molecule has 0 amide bonds. The first kappa shape index (κ1) is 17.7. The summed E-state index contributed by atoms with van der Waals surface area (Å²) in [5.74, 6) is 0.448. The van der Waals surface area contributed by atoms with Gasteiger partial charge in [-0.1, -0.05) is 42.5 Å². The zero-order valence-corrected chi connectivity index (χ0v) is 14.1. The monoisotopic (exact) mass is 343 g/mol. The molecule has 0 saturated carbocycles. The number of nitrogens with zero attached hydrogens (tertiary/aromatic N) is 1. The molecule has 5 nitrogen and oxygen atoms in total. The molecule has 2 aromatic carbocycles. The molecule has 1 heterocycles. The Morgan fingerprint density at radius 3 is 1.46 bits per heavy atom. The first-order chi connectivity index (χ1) is 11.6. The van der Waals surface area contributed by atoms with E-state index in [0.29, 0.717) is 0 Å². The third kappa shape index (κ3) is 6.65. The lowest BCUT2D eigenvalue weighted by atomic mass is 10.3. The molecule has 0 saturated heterocycles. The number of aryl methyl sites for hydroxylation is 1. The number of phosphoric ester groups is 1. The summed E-state index contributed by atoms with van der Waals surface area (Å²) in [6.07, 6.45) is 4.00. The van der Waals surface area contributed by atoms with E-state index in [1.807, 2.05) is 42.2 Å². The van der Waals surface area contributed by atoms with Gasteiger partial charge in [-0.15, -0.1) is 0 Å². The summed E-state index contributed by atoms with van der Waals surface area (Å²) in [4.78, 5) is 11.6. The molecule has 0 bridgehead atoms. The zero-order chi connectivity index (χ0) is 17.3. The fraction of sp³-hybridized carbons (Fsp3) is 0.0556. The van der Waals surface area contributed by atoms with E-state index >= 15 is 0 Å². The van der Waals surface area contributed by atoms with Crippen molar-refractivity contribution in [1.82, 2.24) is 0 Å². The second-order valence-electron chi connectivity index (χ2n) is 4.80. The number of pyridine rings is 1. The van der Waals surface area contributed by atoms with E-state index in [4.69, 9.17) is 9.05 Å².